The molecular formula is C13H15N3OS. The van der Waals surface area contributed by atoms with Crippen molar-refractivity contribution in [2.45, 2.75) is 19.4 Å². The van der Waals surface area contributed by atoms with E-state index in [9.17, 15) is 4.79 Å². The number of carbonyl (C=O) groups is 1. The van der Waals surface area contributed by atoms with E-state index >= 15 is 0 Å². The van der Waals surface area contributed by atoms with Crippen LogP contribution in [0.4, 0.5) is 0 Å². The van der Waals surface area contributed by atoms with Gasteiger partial charge < -0.3 is 10.6 Å². The van der Waals surface area contributed by atoms with Crippen LogP contribution in [0.25, 0.3) is 0 Å². The van der Waals surface area contributed by atoms with E-state index in [4.69, 9.17) is 11.0 Å². The van der Waals surface area contributed by atoms with Crippen LogP contribution in [0.2, 0.25) is 0 Å². The number of amides is 1. The predicted octanol–water partition coefficient (Wildman–Crippen LogP) is 1.43. The summed E-state index contributed by atoms with van der Waals surface area (Å²) in [5.74, 6) is 5.52. The molecule has 1 amide bonds. The second-order valence-corrected chi connectivity index (χ2v) is 4.71. The van der Waals surface area contributed by atoms with Gasteiger partial charge in [0.05, 0.1) is 19.0 Å². The van der Waals surface area contributed by atoms with Gasteiger partial charge in [-0.2, -0.15) is 5.26 Å². The molecule has 1 unspecified atom stereocenters. The summed E-state index contributed by atoms with van der Waals surface area (Å²) in [6.07, 6.45) is 0.317. The van der Waals surface area contributed by atoms with E-state index in [2.05, 4.69) is 17.9 Å². The monoisotopic (exact) mass is 261 g/mol. The molecular weight excluding hydrogens is 246 g/mol. The molecule has 1 aromatic rings. The molecule has 1 heterocycles. The van der Waals surface area contributed by atoms with Crippen LogP contribution >= 0.6 is 11.3 Å². The molecule has 94 valence electrons. The molecule has 0 aliphatic carbocycles. The van der Waals surface area contributed by atoms with E-state index < -0.39 is 0 Å². The summed E-state index contributed by atoms with van der Waals surface area (Å²) in [4.78, 5) is 14.4. The molecule has 18 heavy (non-hydrogen) atoms. The lowest BCUT2D eigenvalue weighted by Gasteiger charge is -2.22. The number of nitriles is 1. The number of hydrogen-bond acceptors (Lipinski definition) is 4. The molecule has 1 atom stereocenters. The molecule has 0 saturated heterocycles. The third kappa shape index (κ3) is 3.33. The molecule has 5 heteroatoms. The number of hydrogen-bond donors (Lipinski definition) is 1. The Morgan fingerprint density at radius 2 is 2.39 bits per heavy atom. The summed E-state index contributed by atoms with van der Waals surface area (Å²) < 4.78 is 0. The zero-order valence-corrected chi connectivity index (χ0v) is 11.3. The Balaban J connectivity index is 2.91. The standard InChI is InChI=1S/C13H15N3OS/c1-10(5-8-15)16(2)13(17)12-11(4-3-7-14)6-9-18-12/h6,9-10H,5,7,14H2,1-2H3. The number of carbonyl (C=O) groups excluding carboxylic acids is 1. The van der Waals surface area contributed by atoms with E-state index in [0.717, 1.165) is 0 Å². The first-order valence-corrected chi connectivity index (χ1v) is 6.40. The lowest BCUT2D eigenvalue weighted by molar-refractivity contribution is 0.0751. The van der Waals surface area contributed by atoms with Crippen molar-refractivity contribution in [3.8, 4) is 17.9 Å². The largest absolute Gasteiger partial charge is 0.337 e. The van der Waals surface area contributed by atoms with Gasteiger partial charge in [0.1, 0.15) is 4.88 Å². The van der Waals surface area contributed by atoms with Crippen molar-refractivity contribution in [2.24, 2.45) is 5.73 Å². The first-order valence-electron chi connectivity index (χ1n) is 5.52. The highest BCUT2D eigenvalue weighted by molar-refractivity contribution is 7.12. The first-order chi connectivity index (χ1) is 8.61. The summed E-state index contributed by atoms with van der Waals surface area (Å²) in [5.41, 5.74) is 6.02. The Morgan fingerprint density at radius 1 is 1.67 bits per heavy atom. The average Bonchev–Trinajstić information content (AvgIpc) is 2.83. The average molecular weight is 261 g/mol. The number of nitrogens with two attached hydrogens (primary N) is 1. The zero-order chi connectivity index (χ0) is 13.5. The summed E-state index contributed by atoms with van der Waals surface area (Å²) in [6, 6.07) is 3.76. The maximum atomic E-state index is 12.2. The molecule has 0 aliphatic heterocycles. The Labute approximate surface area is 111 Å². The van der Waals surface area contributed by atoms with Crippen LogP contribution in [0.5, 0.6) is 0 Å². The molecule has 0 aromatic carbocycles. The molecule has 0 saturated carbocycles. The molecule has 1 rings (SSSR count). The normalized spacial score (nSPS) is 11.0. The van der Waals surface area contributed by atoms with Gasteiger partial charge >= 0.3 is 0 Å². The van der Waals surface area contributed by atoms with E-state index in [0.29, 0.717) is 16.9 Å². The van der Waals surface area contributed by atoms with Crippen LogP contribution in [0.15, 0.2) is 11.4 Å². The molecule has 4 nitrogen and oxygen atoms in total. The van der Waals surface area contributed by atoms with Crippen molar-refractivity contribution < 1.29 is 4.79 Å². The van der Waals surface area contributed by atoms with Gasteiger partial charge in [0.25, 0.3) is 5.91 Å². The van der Waals surface area contributed by atoms with Gasteiger partial charge in [0, 0.05) is 18.7 Å². The minimum atomic E-state index is -0.111. The van der Waals surface area contributed by atoms with Gasteiger partial charge in [-0.15, -0.1) is 11.3 Å². The Hall–Kier alpha value is -1.82. The first kappa shape index (κ1) is 14.2. The van der Waals surface area contributed by atoms with Crippen LogP contribution in [0, 0.1) is 23.2 Å². The number of nitrogens with zero attached hydrogens (tertiary/aromatic N) is 2. The maximum Gasteiger partial charge on any atom is 0.265 e. The fourth-order valence-corrected chi connectivity index (χ4v) is 2.18. The van der Waals surface area contributed by atoms with Crippen molar-refractivity contribution in [3.05, 3.63) is 21.9 Å². The lowest BCUT2D eigenvalue weighted by Crippen LogP contribution is -2.34. The van der Waals surface area contributed by atoms with Crippen molar-refractivity contribution in [1.29, 1.82) is 5.26 Å². The third-order valence-corrected chi connectivity index (χ3v) is 3.46. The van der Waals surface area contributed by atoms with Crippen LogP contribution in [0.1, 0.15) is 28.6 Å². The van der Waals surface area contributed by atoms with Gasteiger partial charge in [-0.3, -0.25) is 4.79 Å². The van der Waals surface area contributed by atoms with Gasteiger partial charge in [-0.05, 0) is 18.4 Å². The summed E-state index contributed by atoms with van der Waals surface area (Å²) in [6.45, 7) is 2.12. The van der Waals surface area contributed by atoms with Crippen molar-refractivity contribution >= 4 is 17.2 Å². The Morgan fingerprint density at radius 3 is 3.00 bits per heavy atom. The van der Waals surface area contributed by atoms with Crippen molar-refractivity contribution in [2.75, 3.05) is 13.6 Å². The topological polar surface area (TPSA) is 70.1 Å². The van der Waals surface area contributed by atoms with Crippen molar-refractivity contribution in [3.63, 3.8) is 0 Å². The highest BCUT2D eigenvalue weighted by Gasteiger charge is 2.20. The van der Waals surface area contributed by atoms with Crippen LogP contribution < -0.4 is 5.73 Å². The summed E-state index contributed by atoms with van der Waals surface area (Å²) in [7, 11) is 1.70. The molecule has 0 radical (unpaired) electrons. The zero-order valence-electron chi connectivity index (χ0n) is 10.4. The van der Waals surface area contributed by atoms with Crippen molar-refractivity contribution in [1.82, 2.24) is 4.90 Å². The molecule has 2 N–H and O–H groups in total. The fourth-order valence-electron chi connectivity index (χ4n) is 1.35. The fraction of sp³-hybridized carbons (Fsp3) is 0.385. The quantitative estimate of drug-likeness (QED) is 0.837. The molecule has 1 aromatic heterocycles. The van der Waals surface area contributed by atoms with E-state index in [1.54, 1.807) is 11.9 Å². The second-order valence-electron chi connectivity index (χ2n) is 3.80. The highest BCUT2D eigenvalue weighted by atomic mass is 32.1. The predicted molar refractivity (Wildman–Crippen MR) is 72.0 cm³/mol. The Bertz CT molecular complexity index is 518. The SMILES string of the molecule is CC(CC#N)N(C)C(=O)c1sccc1C#CCN. The molecule has 0 fully saturated rings. The van der Waals surface area contributed by atoms with Gasteiger partial charge in [0.2, 0.25) is 0 Å². The minimum absolute atomic E-state index is 0.103. The van der Waals surface area contributed by atoms with Crippen LogP contribution in [-0.2, 0) is 0 Å². The van der Waals surface area contributed by atoms with Crippen LogP contribution in [-0.4, -0.2) is 30.4 Å². The molecule has 0 aliphatic rings. The summed E-state index contributed by atoms with van der Waals surface area (Å²) >= 11 is 1.35. The third-order valence-electron chi connectivity index (χ3n) is 2.55. The highest BCUT2D eigenvalue weighted by Crippen LogP contribution is 2.19. The van der Waals surface area contributed by atoms with Gasteiger partial charge in [-0.1, -0.05) is 11.8 Å². The maximum absolute atomic E-state index is 12.2. The number of thiophene rings is 1. The second kappa shape index (κ2) is 6.80. The Kier molecular flexibility index (Phi) is 5.38. The summed E-state index contributed by atoms with van der Waals surface area (Å²) in [5, 5.41) is 10.5. The van der Waals surface area contributed by atoms with Crippen LogP contribution in [0.3, 0.4) is 0 Å². The van der Waals surface area contributed by atoms with E-state index in [-0.39, 0.29) is 18.5 Å². The number of rotatable bonds is 3. The molecule has 0 spiro atoms. The molecule has 0 bridgehead atoms. The van der Waals surface area contributed by atoms with E-state index in [1.807, 2.05) is 18.4 Å². The van der Waals surface area contributed by atoms with Gasteiger partial charge in [-0.25, -0.2) is 0 Å². The lowest BCUT2D eigenvalue weighted by atomic mass is 10.2. The van der Waals surface area contributed by atoms with E-state index in [1.165, 1.54) is 11.3 Å². The van der Waals surface area contributed by atoms with Gasteiger partial charge in [0.15, 0.2) is 0 Å². The minimum Gasteiger partial charge on any atom is -0.337 e. The smallest absolute Gasteiger partial charge is 0.265 e.